The number of benzene rings is 1. The van der Waals surface area contributed by atoms with Gasteiger partial charge in [0.1, 0.15) is 6.10 Å². The molecule has 0 saturated carbocycles. The number of halogens is 5. The number of sulfone groups is 1. The van der Waals surface area contributed by atoms with Crippen LogP contribution in [0, 0.1) is 0 Å². The summed E-state index contributed by atoms with van der Waals surface area (Å²) in [7, 11) is -3.64. The van der Waals surface area contributed by atoms with Crippen molar-refractivity contribution in [1.29, 1.82) is 0 Å². The first kappa shape index (κ1) is 17.9. The van der Waals surface area contributed by atoms with Gasteiger partial charge in [-0.2, -0.15) is 13.2 Å². The van der Waals surface area contributed by atoms with Gasteiger partial charge in [-0.15, -0.1) is 0 Å². The molecule has 1 aliphatic carbocycles. The summed E-state index contributed by atoms with van der Waals surface area (Å²) in [5, 5.41) is 9.64. The summed E-state index contributed by atoms with van der Waals surface area (Å²) in [4.78, 5) is -0.161. The molecule has 1 atom stereocenters. The topological polar surface area (TPSA) is 59.3 Å². The number of alkyl halides is 5. The van der Waals surface area contributed by atoms with Crippen molar-refractivity contribution in [3.8, 4) is 5.69 Å². The molecule has 0 fully saturated rings. The summed E-state index contributed by atoms with van der Waals surface area (Å²) in [6.07, 6.45) is -7.07. The van der Waals surface area contributed by atoms with Gasteiger partial charge < -0.3 is 9.67 Å². The van der Waals surface area contributed by atoms with E-state index in [1.807, 2.05) is 0 Å². The van der Waals surface area contributed by atoms with Crippen LogP contribution in [0.5, 0.6) is 0 Å². The first-order chi connectivity index (χ1) is 11.3. The molecule has 136 valence electrons. The van der Waals surface area contributed by atoms with Crippen molar-refractivity contribution in [3.05, 3.63) is 47.3 Å². The lowest BCUT2D eigenvalue weighted by Crippen LogP contribution is -2.23. The van der Waals surface area contributed by atoms with Crippen LogP contribution in [0.2, 0.25) is 0 Å². The standard InChI is InChI=1S/C15H12F5NO3S/c1-25(23,24)9-4-2-3-8(5-9)21-7-10(15(18,19)20)12-11(21)6-14(16,17)13(12)22/h2-5,7,13,22H,6H2,1H3. The van der Waals surface area contributed by atoms with E-state index >= 15 is 0 Å². The van der Waals surface area contributed by atoms with Gasteiger partial charge in [0.05, 0.1) is 16.9 Å². The zero-order valence-electron chi connectivity index (χ0n) is 12.7. The number of rotatable bonds is 2. The summed E-state index contributed by atoms with van der Waals surface area (Å²) in [5.74, 6) is -3.73. The van der Waals surface area contributed by atoms with E-state index in [2.05, 4.69) is 0 Å². The quantitative estimate of drug-likeness (QED) is 0.814. The molecule has 10 heteroatoms. The van der Waals surface area contributed by atoms with Crippen LogP contribution in [0.25, 0.3) is 5.69 Å². The monoisotopic (exact) mass is 381 g/mol. The highest BCUT2D eigenvalue weighted by molar-refractivity contribution is 7.90. The molecule has 0 bridgehead atoms. The van der Waals surface area contributed by atoms with Crippen molar-refractivity contribution in [2.45, 2.75) is 29.5 Å². The van der Waals surface area contributed by atoms with Crippen molar-refractivity contribution in [1.82, 2.24) is 4.57 Å². The Morgan fingerprint density at radius 3 is 2.48 bits per heavy atom. The number of nitrogens with zero attached hydrogens (tertiary/aromatic N) is 1. The Hall–Kier alpha value is -1.94. The molecule has 0 aliphatic heterocycles. The first-order valence-corrected chi connectivity index (χ1v) is 8.89. The normalized spacial score (nSPS) is 19.9. The summed E-state index contributed by atoms with van der Waals surface area (Å²) in [6.45, 7) is 0. The minimum absolute atomic E-state index is 0.0143. The summed E-state index contributed by atoms with van der Waals surface area (Å²) in [5.41, 5.74) is -2.64. The highest BCUT2D eigenvalue weighted by Gasteiger charge is 2.53. The van der Waals surface area contributed by atoms with E-state index < -0.39 is 51.3 Å². The lowest BCUT2D eigenvalue weighted by Gasteiger charge is -2.16. The average molecular weight is 381 g/mol. The Morgan fingerprint density at radius 1 is 1.28 bits per heavy atom. The second kappa shape index (κ2) is 5.28. The van der Waals surface area contributed by atoms with Crippen LogP contribution in [0.3, 0.4) is 0 Å². The lowest BCUT2D eigenvalue weighted by atomic mass is 10.1. The van der Waals surface area contributed by atoms with Gasteiger partial charge in [-0.3, -0.25) is 0 Å². The van der Waals surface area contributed by atoms with Gasteiger partial charge in [-0.05, 0) is 18.2 Å². The third-order valence-electron chi connectivity index (χ3n) is 4.06. The molecule has 2 aromatic rings. The van der Waals surface area contributed by atoms with E-state index in [1.165, 1.54) is 18.2 Å². The van der Waals surface area contributed by atoms with E-state index in [-0.39, 0.29) is 10.6 Å². The fraction of sp³-hybridized carbons (Fsp3) is 0.333. The number of hydrogen-bond acceptors (Lipinski definition) is 3. The maximum atomic E-state index is 13.8. The van der Waals surface area contributed by atoms with Gasteiger partial charge in [0.25, 0.3) is 5.92 Å². The maximum absolute atomic E-state index is 13.8. The van der Waals surface area contributed by atoms with Crippen LogP contribution in [0.4, 0.5) is 22.0 Å². The van der Waals surface area contributed by atoms with Crippen LogP contribution in [0.15, 0.2) is 35.4 Å². The Labute approximate surface area is 139 Å². The smallest absolute Gasteiger partial charge is 0.382 e. The zero-order chi connectivity index (χ0) is 18.8. The van der Waals surface area contributed by atoms with E-state index in [9.17, 15) is 35.5 Å². The van der Waals surface area contributed by atoms with Gasteiger partial charge in [0, 0.05) is 29.4 Å². The van der Waals surface area contributed by atoms with Crippen LogP contribution in [-0.2, 0) is 22.4 Å². The van der Waals surface area contributed by atoms with Gasteiger partial charge >= 0.3 is 6.18 Å². The number of hydrogen-bond donors (Lipinski definition) is 1. The van der Waals surface area contributed by atoms with Crippen LogP contribution >= 0.6 is 0 Å². The molecule has 1 heterocycles. The van der Waals surface area contributed by atoms with Gasteiger partial charge in [0.15, 0.2) is 9.84 Å². The van der Waals surface area contributed by atoms with E-state index in [1.54, 1.807) is 0 Å². The van der Waals surface area contributed by atoms with E-state index in [0.717, 1.165) is 16.9 Å². The maximum Gasteiger partial charge on any atom is 0.418 e. The first-order valence-electron chi connectivity index (χ1n) is 7.00. The highest BCUT2D eigenvalue weighted by atomic mass is 32.2. The summed E-state index contributed by atoms with van der Waals surface area (Å²) >= 11 is 0. The van der Waals surface area contributed by atoms with Crippen molar-refractivity contribution in [2.24, 2.45) is 0 Å². The molecule has 1 unspecified atom stereocenters. The van der Waals surface area contributed by atoms with Gasteiger partial charge in [0.2, 0.25) is 0 Å². The second-order valence-electron chi connectivity index (χ2n) is 5.88. The number of aliphatic hydroxyl groups is 1. The average Bonchev–Trinajstić information content (AvgIpc) is 2.93. The van der Waals surface area contributed by atoms with Crippen LogP contribution in [-0.4, -0.2) is 30.3 Å². The van der Waals surface area contributed by atoms with Crippen LogP contribution < -0.4 is 0 Å². The van der Waals surface area contributed by atoms with Gasteiger partial charge in [-0.25, -0.2) is 17.2 Å². The predicted octanol–water partition coefficient (Wildman–Crippen LogP) is 3.12. The Bertz CT molecular complexity index is 947. The molecular weight excluding hydrogens is 369 g/mol. The zero-order valence-corrected chi connectivity index (χ0v) is 13.5. The number of aromatic nitrogens is 1. The molecule has 1 aliphatic rings. The van der Waals surface area contributed by atoms with Crippen LogP contribution in [0.1, 0.15) is 22.9 Å². The second-order valence-corrected chi connectivity index (χ2v) is 7.90. The fourth-order valence-corrected chi connectivity index (χ4v) is 3.56. The van der Waals surface area contributed by atoms with Gasteiger partial charge in [-0.1, -0.05) is 6.07 Å². The predicted molar refractivity (Wildman–Crippen MR) is 77.5 cm³/mol. The van der Waals surface area contributed by atoms with E-state index in [0.29, 0.717) is 6.20 Å². The minimum atomic E-state index is -4.94. The molecule has 0 spiro atoms. The van der Waals surface area contributed by atoms with E-state index in [4.69, 9.17) is 0 Å². The van der Waals surface area contributed by atoms with Crippen molar-refractivity contribution in [2.75, 3.05) is 6.26 Å². The lowest BCUT2D eigenvalue weighted by molar-refractivity contribution is -0.142. The molecule has 4 nitrogen and oxygen atoms in total. The van der Waals surface area contributed by atoms with Crippen molar-refractivity contribution in [3.63, 3.8) is 0 Å². The largest absolute Gasteiger partial charge is 0.418 e. The number of fused-ring (bicyclic) bond motifs is 1. The van der Waals surface area contributed by atoms with Crippen molar-refractivity contribution < 1.29 is 35.5 Å². The number of aliphatic hydroxyl groups excluding tert-OH is 1. The molecule has 1 aromatic carbocycles. The molecule has 1 N–H and O–H groups in total. The Kier molecular flexibility index (Phi) is 3.77. The summed E-state index contributed by atoms with van der Waals surface area (Å²) < 4.78 is 91.2. The fourth-order valence-electron chi connectivity index (χ4n) is 2.90. The molecule has 1 aromatic heterocycles. The highest BCUT2D eigenvalue weighted by Crippen LogP contribution is 2.49. The molecule has 3 rings (SSSR count). The third kappa shape index (κ3) is 2.93. The third-order valence-corrected chi connectivity index (χ3v) is 5.17. The molecule has 25 heavy (non-hydrogen) atoms. The minimum Gasteiger partial charge on any atom is -0.382 e. The Morgan fingerprint density at radius 2 is 1.92 bits per heavy atom. The van der Waals surface area contributed by atoms with Crippen molar-refractivity contribution >= 4 is 9.84 Å². The Balaban J connectivity index is 2.26. The summed E-state index contributed by atoms with van der Waals surface area (Å²) in [6, 6.07) is 4.95. The molecule has 0 saturated heterocycles. The molecule has 0 radical (unpaired) electrons. The molecule has 0 amide bonds. The SMILES string of the molecule is CS(=O)(=O)c1cccc(-n2cc(C(F)(F)F)c3c2CC(F)(F)C3O)c1. The molecular formula is C15H12F5NO3S.